The van der Waals surface area contributed by atoms with Crippen molar-refractivity contribution in [2.45, 2.75) is 44.2 Å². The Hall–Kier alpha value is -3.13. The van der Waals surface area contributed by atoms with Gasteiger partial charge < -0.3 is 14.5 Å². The van der Waals surface area contributed by atoms with Crippen molar-refractivity contribution >= 4 is 29.2 Å². The van der Waals surface area contributed by atoms with Crippen LogP contribution in [-0.4, -0.2) is 37.0 Å². The van der Waals surface area contributed by atoms with E-state index in [1.54, 1.807) is 11.0 Å². The monoisotopic (exact) mass is 527 g/mol. The molecule has 1 fully saturated rings. The molecule has 0 aromatic heterocycles. The highest BCUT2D eigenvalue weighted by molar-refractivity contribution is 8.00. The number of aryl methyl sites for hydroxylation is 2. The number of amides is 1. The summed E-state index contributed by atoms with van der Waals surface area (Å²) in [6.45, 7) is 5.98. The summed E-state index contributed by atoms with van der Waals surface area (Å²) in [5, 5.41) is 0. The molecule has 196 valence electrons. The molecule has 4 nitrogen and oxygen atoms in total. The lowest BCUT2D eigenvalue weighted by atomic mass is 10.1. The first-order chi connectivity index (χ1) is 17.7. The Balaban J connectivity index is 1.36. The average molecular weight is 528 g/mol. The smallest absolute Gasteiger partial charge is 0.368 e. The third-order valence-electron chi connectivity index (χ3n) is 6.60. The van der Waals surface area contributed by atoms with E-state index >= 15 is 0 Å². The Morgan fingerprint density at radius 3 is 2.38 bits per heavy atom. The van der Waals surface area contributed by atoms with Gasteiger partial charge in [0.05, 0.1) is 5.56 Å². The summed E-state index contributed by atoms with van der Waals surface area (Å²) in [4.78, 5) is 17.9. The number of carbonyl (C=O) groups excluding carboxylic acids is 1. The van der Waals surface area contributed by atoms with Gasteiger partial charge in [0, 0.05) is 48.0 Å². The summed E-state index contributed by atoms with van der Waals surface area (Å²) in [6, 6.07) is 19.6. The number of anilines is 2. The number of hydrogen-bond donors (Lipinski definition) is 1. The predicted octanol–water partition coefficient (Wildman–Crippen LogP) is 7.44. The minimum Gasteiger partial charge on any atom is -0.368 e. The molecule has 1 aliphatic heterocycles. The number of carbonyl (C=O) groups is 1. The molecule has 1 amide bonds. The number of hydrogen-bond acceptors (Lipinski definition) is 4. The summed E-state index contributed by atoms with van der Waals surface area (Å²) in [5.41, 5.74) is 3.75. The van der Waals surface area contributed by atoms with Crippen molar-refractivity contribution in [2.75, 3.05) is 35.8 Å². The number of nitrogens with zero attached hydrogens (tertiary/aromatic N) is 2. The van der Waals surface area contributed by atoms with Crippen LogP contribution in [0.4, 0.5) is 24.5 Å². The van der Waals surface area contributed by atoms with E-state index in [-0.39, 0.29) is 5.91 Å². The number of piperazine rings is 1. The fourth-order valence-electron chi connectivity index (χ4n) is 4.35. The Bertz CT molecular complexity index is 1210. The van der Waals surface area contributed by atoms with Gasteiger partial charge in [0.15, 0.2) is 0 Å². The van der Waals surface area contributed by atoms with Crippen LogP contribution >= 0.6 is 11.9 Å². The van der Waals surface area contributed by atoms with Gasteiger partial charge in [-0.3, -0.25) is 4.79 Å². The standard InChI is InChI=1S/C29H32F3N3OS/c1-3-4-6-22-10-12-24(13-11-22)33-37-26-14-9-21(2)27(20-26)28(36)35-17-15-34(16-18-35)25-8-5-7-23(19-25)29(30,31)32/h5,7-14,19-20,33H,3-4,6,15-18H2,1-2H3. The molecule has 3 aromatic carbocycles. The van der Waals surface area contributed by atoms with E-state index < -0.39 is 11.7 Å². The van der Waals surface area contributed by atoms with Crippen LogP contribution in [0, 0.1) is 6.92 Å². The number of benzene rings is 3. The molecule has 1 heterocycles. The number of halogens is 3. The number of nitrogens with one attached hydrogen (secondary N) is 1. The summed E-state index contributed by atoms with van der Waals surface area (Å²) in [6.07, 6.45) is -0.930. The Labute approximate surface area is 221 Å². The second-order valence-corrected chi connectivity index (χ2v) is 10.2. The highest BCUT2D eigenvalue weighted by atomic mass is 32.2. The highest BCUT2D eigenvalue weighted by Crippen LogP contribution is 2.32. The average Bonchev–Trinajstić information content (AvgIpc) is 2.91. The zero-order valence-electron chi connectivity index (χ0n) is 21.1. The van der Waals surface area contributed by atoms with Crippen LogP contribution < -0.4 is 9.62 Å². The molecule has 1 saturated heterocycles. The highest BCUT2D eigenvalue weighted by Gasteiger charge is 2.31. The Morgan fingerprint density at radius 2 is 1.70 bits per heavy atom. The quantitative estimate of drug-likeness (QED) is 0.309. The van der Waals surface area contributed by atoms with Gasteiger partial charge in [-0.2, -0.15) is 13.2 Å². The van der Waals surface area contributed by atoms with Crippen LogP contribution in [0.15, 0.2) is 71.6 Å². The van der Waals surface area contributed by atoms with E-state index in [4.69, 9.17) is 0 Å². The van der Waals surface area contributed by atoms with Gasteiger partial charge in [-0.15, -0.1) is 0 Å². The zero-order valence-corrected chi connectivity index (χ0v) is 22.0. The van der Waals surface area contributed by atoms with Crippen molar-refractivity contribution < 1.29 is 18.0 Å². The van der Waals surface area contributed by atoms with Crippen LogP contribution in [0.1, 0.15) is 46.8 Å². The van der Waals surface area contributed by atoms with Crippen molar-refractivity contribution in [1.82, 2.24) is 4.90 Å². The molecule has 4 rings (SSSR count). The van der Waals surface area contributed by atoms with Gasteiger partial charge >= 0.3 is 6.18 Å². The van der Waals surface area contributed by atoms with E-state index in [1.807, 2.05) is 30.0 Å². The van der Waals surface area contributed by atoms with Crippen molar-refractivity contribution in [1.29, 1.82) is 0 Å². The molecule has 3 aromatic rings. The van der Waals surface area contributed by atoms with Gasteiger partial charge in [-0.1, -0.05) is 37.6 Å². The summed E-state index contributed by atoms with van der Waals surface area (Å²) in [7, 11) is 0. The molecule has 0 atom stereocenters. The predicted molar refractivity (Wildman–Crippen MR) is 145 cm³/mol. The summed E-state index contributed by atoms with van der Waals surface area (Å²) in [5.74, 6) is -0.0519. The maximum Gasteiger partial charge on any atom is 0.416 e. The molecule has 1 aliphatic rings. The van der Waals surface area contributed by atoms with Gasteiger partial charge in [-0.25, -0.2) is 0 Å². The second-order valence-electron chi connectivity index (χ2n) is 9.31. The van der Waals surface area contributed by atoms with Crippen LogP contribution in [0.3, 0.4) is 0 Å². The van der Waals surface area contributed by atoms with Crippen LogP contribution in [-0.2, 0) is 12.6 Å². The molecular formula is C29H32F3N3OS. The van der Waals surface area contributed by atoms with Gasteiger partial charge in [0.25, 0.3) is 5.91 Å². The van der Waals surface area contributed by atoms with Gasteiger partial charge in [0.2, 0.25) is 0 Å². The lowest BCUT2D eigenvalue weighted by molar-refractivity contribution is -0.137. The third kappa shape index (κ3) is 7.01. The number of rotatable bonds is 8. The molecule has 0 aliphatic carbocycles. The topological polar surface area (TPSA) is 35.6 Å². The first-order valence-electron chi connectivity index (χ1n) is 12.6. The molecule has 0 unspecified atom stereocenters. The summed E-state index contributed by atoms with van der Waals surface area (Å²) < 4.78 is 42.6. The van der Waals surface area contributed by atoms with E-state index in [2.05, 4.69) is 35.9 Å². The lowest BCUT2D eigenvalue weighted by Crippen LogP contribution is -2.49. The first-order valence-corrected chi connectivity index (χ1v) is 13.4. The minimum atomic E-state index is -4.37. The van der Waals surface area contributed by atoms with Crippen LogP contribution in [0.25, 0.3) is 0 Å². The molecule has 1 N–H and O–H groups in total. The normalized spacial score (nSPS) is 14.1. The fourth-order valence-corrected chi connectivity index (χ4v) is 5.03. The van der Waals surface area contributed by atoms with Crippen molar-refractivity contribution in [2.24, 2.45) is 0 Å². The molecule has 37 heavy (non-hydrogen) atoms. The first kappa shape index (κ1) is 26.9. The fraction of sp³-hybridized carbons (Fsp3) is 0.345. The Kier molecular flexibility index (Phi) is 8.69. The van der Waals surface area contributed by atoms with Gasteiger partial charge in [0.1, 0.15) is 0 Å². The third-order valence-corrected chi connectivity index (χ3v) is 7.43. The Morgan fingerprint density at radius 1 is 0.973 bits per heavy atom. The molecule has 0 bridgehead atoms. The molecule has 0 spiro atoms. The largest absolute Gasteiger partial charge is 0.416 e. The minimum absolute atomic E-state index is 0.0519. The maximum absolute atomic E-state index is 13.3. The SMILES string of the molecule is CCCCc1ccc(NSc2ccc(C)c(C(=O)N3CCN(c4cccc(C(F)(F)F)c4)CC3)c2)cc1. The van der Waals surface area contributed by atoms with Gasteiger partial charge in [-0.05, 0) is 85.3 Å². The van der Waals surface area contributed by atoms with Crippen LogP contribution in [0.2, 0.25) is 0 Å². The second kappa shape index (κ2) is 11.9. The van der Waals surface area contributed by atoms with E-state index in [9.17, 15) is 18.0 Å². The van der Waals surface area contributed by atoms with E-state index in [1.165, 1.54) is 42.5 Å². The summed E-state index contributed by atoms with van der Waals surface area (Å²) >= 11 is 1.46. The maximum atomic E-state index is 13.3. The van der Waals surface area contributed by atoms with Crippen molar-refractivity contribution in [3.63, 3.8) is 0 Å². The van der Waals surface area contributed by atoms with E-state index in [0.29, 0.717) is 37.4 Å². The molecule has 0 saturated carbocycles. The lowest BCUT2D eigenvalue weighted by Gasteiger charge is -2.36. The van der Waals surface area contributed by atoms with Crippen molar-refractivity contribution in [3.8, 4) is 0 Å². The molecule has 0 radical (unpaired) electrons. The molecular weight excluding hydrogens is 495 g/mol. The molecule has 8 heteroatoms. The van der Waals surface area contributed by atoms with E-state index in [0.717, 1.165) is 28.6 Å². The zero-order chi connectivity index (χ0) is 26.4. The number of alkyl halides is 3. The number of unbranched alkanes of at least 4 members (excludes halogenated alkanes) is 1. The van der Waals surface area contributed by atoms with Crippen LogP contribution in [0.5, 0.6) is 0 Å². The van der Waals surface area contributed by atoms with Crippen molar-refractivity contribution in [3.05, 3.63) is 89.0 Å².